The molecule has 0 unspecified atom stereocenters. The summed E-state index contributed by atoms with van der Waals surface area (Å²) >= 11 is 0. The number of rotatable bonds is 19. The van der Waals surface area contributed by atoms with Gasteiger partial charge in [0.1, 0.15) is 12.7 Å². The number of allylic oxidation sites excluding steroid dienone is 1. The highest BCUT2D eigenvalue weighted by atomic mass is 16.6. The van der Waals surface area contributed by atoms with Crippen LogP contribution in [0.3, 0.4) is 0 Å². The molecule has 1 heterocycles. The van der Waals surface area contributed by atoms with E-state index in [1.54, 1.807) is 18.2 Å². The molecule has 0 bridgehead atoms. The largest absolute Gasteiger partial charge is 0.453 e. The lowest BCUT2D eigenvalue weighted by Gasteiger charge is -2.26. The van der Waals surface area contributed by atoms with Crippen molar-refractivity contribution in [3.05, 3.63) is 113 Å². The molecule has 1 fully saturated rings. The van der Waals surface area contributed by atoms with Gasteiger partial charge >= 0.3 is 12.1 Å². The van der Waals surface area contributed by atoms with E-state index in [9.17, 15) is 29.1 Å². The van der Waals surface area contributed by atoms with Gasteiger partial charge in [-0.15, -0.1) is 0 Å². The zero-order valence-electron chi connectivity index (χ0n) is 29.2. The second-order valence-corrected chi connectivity index (χ2v) is 12.5. The molecule has 0 aliphatic carbocycles. The smallest absolute Gasteiger partial charge is 0.416 e. The van der Waals surface area contributed by atoms with Crippen molar-refractivity contribution in [2.24, 2.45) is 5.92 Å². The zero-order valence-corrected chi connectivity index (χ0v) is 29.2. The summed E-state index contributed by atoms with van der Waals surface area (Å²) in [6.45, 7) is 4.77. The van der Waals surface area contributed by atoms with Gasteiger partial charge in [0, 0.05) is 25.5 Å². The van der Waals surface area contributed by atoms with E-state index >= 15 is 0 Å². The van der Waals surface area contributed by atoms with Gasteiger partial charge in [-0.1, -0.05) is 90.5 Å². The van der Waals surface area contributed by atoms with Crippen LogP contribution in [0.5, 0.6) is 0 Å². The Morgan fingerprint density at radius 3 is 2.31 bits per heavy atom. The number of cyclic esters (lactones) is 1. The normalized spacial score (nSPS) is 16.2. The van der Waals surface area contributed by atoms with Gasteiger partial charge in [-0.2, -0.15) is 0 Å². The summed E-state index contributed by atoms with van der Waals surface area (Å²) in [7, 11) is 0. The number of carbonyl (C=O) groups is 5. The fraction of sp³-hybridized carbons (Fsp3) is 0.375. The second-order valence-electron chi connectivity index (χ2n) is 12.5. The molecule has 4 atom stereocenters. The number of nitrogens with zero attached hydrogens (tertiary/aromatic N) is 1. The van der Waals surface area contributed by atoms with Crippen LogP contribution in [0.4, 0.5) is 4.79 Å². The first kappa shape index (κ1) is 38.8. The number of ketones is 2. The standard InChI is InChI=1S/C40H45NO10/c1-27-12-10-17-32(20-27)35(36(44)18-11-19-48-26-34(23-42)49-24-31-15-8-5-9-16-31)22-37(45)38(51-29(3)43)28(2)39(46)41-33(25-50-40(41)47)21-30-13-6-4-7-14-30/h4-10,12-17,20,22,28,33-34,38,42H,11,18-19,21,23-26H2,1-3H3/t28-,33-,34+,38-/m0/s1. The molecule has 0 spiro atoms. The molecule has 2 amide bonds. The SMILES string of the molecule is CC(=O)O[C@H](C(=O)C=C(C(=O)CCCOC[C@@H](CO)OCc1ccccc1)c1cccc(C)c1)[C@H](C)C(=O)N1C(=O)OC[C@@H]1Cc1ccccc1. The van der Waals surface area contributed by atoms with Crippen LogP contribution in [0.1, 0.15) is 48.9 Å². The molecule has 0 saturated carbocycles. The summed E-state index contributed by atoms with van der Waals surface area (Å²) in [5.74, 6) is -3.95. The highest BCUT2D eigenvalue weighted by Gasteiger charge is 2.44. The van der Waals surface area contributed by atoms with E-state index < -0.39 is 47.9 Å². The van der Waals surface area contributed by atoms with E-state index in [0.717, 1.165) is 34.6 Å². The van der Waals surface area contributed by atoms with Gasteiger partial charge in [-0.05, 0) is 49.5 Å². The Bertz CT molecular complexity index is 1670. The van der Waals surface area contributed by atoms with Gasteiger partial charge in [-0.25, -0.2) is 9.69 Å². The summed E-state index contributed by atoms with van der Waals surface area (Å²) in [6, 6.07) is 25.3. The van der Waals surface area contributed by atoms with Crippen LogP contribution in [-0.4, -0.2) is 84.2 Å². The van der Waals surface area contributed by atoms with Crippen LogP contribution in [-0.2, 0) is 51.2 Å². The van der Waals surface area contributed by atoms with Crippen molar-refractivity contribution in [2.75, 3.05) is 26.4 Å². The fourth-order valence-electron chi connectivity index (χ4n) is 5.69. The minimum atomic E-state index is -1.61. The molecule has 11 nitrogen and oxygen atoms in total. The Morgan fingerprint density at radius 1 is 0.980 bits per heavy atom. The van der Waals surface area contributed by atoms with Gasteiger partial charge in [-0.3, -0.25) is 19.2 Å². The lowest BCUT2D eigenvalue weighted by molar-refractivity contribution is -0.158. The quantitative estimate of drug-likeness (QED) is 0.103. The maximum absolute atomic E-state index is 13.9. The van der Waals surface area contributed by atoms with Crippen molar-refractivity contribution in [2.45, 2.75) is 64.9 Å². The number of hydrogen-bond acceptors (Lipinski definition) is 10. The van der Waals surface area contributed by atoms with Crippen molar-refractivity contribution in [3.8, 4) is 0 Å². The fourth-order valence-corrected chi connectivity index (χ4v) is 5.69. The number of Topliss-reactive ketones (excluding diaryl/α,β-unsaturated/α-hetero) is 1. The first-order valence-electron chi connectivity index (χ1n) is 17.0. The maximum Gasteiger partial charge on any atom is 0.416 e. The number of aliphatic hydroxyl groups excluding tert-OH is 1. The molecule has 3 aromatic carbocycles. The average Bonchev–Trinajstić information content (AvgIpc) is 3.49. The molecule has 1 saturated heterocycles. The van der Waals surface area contributed by atoms with Gasteiger partial charge in [0.05, 0.1) is 31.8 Å². The number of benzene rings is 3. The second kappa shape index (κ2) is 19.4. The molecule has 1 aliphatic rings. The molecular formula is C40H45NO10. The lowest BCUT2D eigenvalue weighted by atomic mass is 9.92. The first-order valence-corrected chi connectivity index (χ1v) is 17.0. The molecule has 0 radical (unpaired) electrons. The van der Waals surface area contributed by atoms with E-state index in [0.29, 0.717) is 25.0 Å². The van der Waals surface area contributed by atoms with E-state index in [-0.39, 0.29) is 44.2 Å². The van der Waals surface area contributed by atoms with Gasteiger partial charge < -0.3 is 24.1 Å². The highest BCUT2D eigenvalue weighted by molar-refractivity contribution is 6.25. The minimum absolute atomic E-state index is 0.0185. The van der Waals surface area contributed by atoms with Gasteiger partial charge in [0.25, 0.3) is 0 Å². The number of aryl methyl sites for hydroxylation is 1. The van der Waals surface area contributed by atoms with E-state index in [1.165, 1.54) is 6.92 Å². The van der Waals surface area contributed by atoms with Gasteiger partial charge in [0.15, 0.2) is 17.7 Å². The Hall–Kier alpha value is -4.97. The third-order valence-electron chi connectivity index (χ3n) is 8.37. The first-order chi connectivity index (χ1) is 24.6. The van der Waals surface area contributed by atoms with Crippen LogP contribution in [0, 0.1) is 12.8 Å². The summed E-state index contributed by atoms with van der Waals surface area (Å²) in [6.07, 6.45) is -1.21. The van der Waals surface area contributed by atoms with Crippen LogP contribution in [0.2, 0.25) is 0 Å². The molecule has 1 aliphatic heterocycles. The van der Waals surface area contributed by atoms with Crippen LogP contribution in [0.15, 0.2) is 91.0 Å². The predicted molar refractivity (Wildman–Crippen MR) is 188 cm³/mol. The number of carbonyl (C=O) groups excluding carboxylic acids is 5. The van der Waals surface area contributed by atoms with E-state index in [4.69, 9.17) is 18.9 Å². The van der Waals surface area contributed by atoms with Crippen molar-refractivity contribution in [3.63, 3.8) is 0 Å². The summed E-state index contributed by atoms with van der Waals surface area (Å²) in [4.78, 5) is 67.1. The van der Waals surface area contributed by atoms with Crippen molar-refractivity contribution >= 4 is 35.1 Å². The molecule has 11 heteroatoms. The third-order valence-corrected chi connectivity index (χ3v) is 8.37. The number of esters is 1. The summed E-state index contributed by atoms with van der Waals surface area (Å²) in [5, 5.41) is 9.70. The Balaban J connectivity index is 1.45. The number of aliphatic hydroxyl groups is 1. The van der Waals surface area contributed by atoms with Crippen molar-refractivity contribution < 1.29 is 48.0 Å². The van der Waals surface area contributed by atoms with E-state index in [1.807, 2.05) is 73.7 Å². The average molecular weight is 700 g/mol. The number of imide groups is 1. The molecule has 4 rings (SSSR count). The Morgan fingerprint density at radius 2 is 1.67 bits per heavy atom. The van der Waals surface area contributed by atoms with Gasteiger partial charge in [0.2, 0.25) is 5.91 Å². The van der Waals surface area contributed by atoms with Crippen LogP contribution in [0.25, 0.3) is 5.57 Å². The van der Waals surface area contributed by atoms with Crippen LogP contribution >= 0.6 is 0 Å². The Kier molecular flexibility index (Phi) is 14.8. The lowest BCUT2D eigenvalue weighted by Crippen LogP contribution is -2.48. The van der Waals surface area contributed by atoms with Crippen LogP contribution < -0.4 is 0 Å². The summed E-state index contributed by atoms with van der Waals surface area (Å²) in [5.41, 5.74) is 3.27. The molecule has 3 aromatic rings. The number of ether oxygens (including phenoxy) is 4. The molecule has 270 valence electrons. The molecule has 51 heavy (non-hydrogen) atoms. The molecule has 0 aromatic heterocycles. The monoisotopic (exact) mass is 699 g/mol. The van der Waals surface area contributed by atoms with Crippen molar-refractivity contribution in [1.82, 2.24) is 4.90 Å². The predicted octanol–water partition coefficient (Wildman–Crippen LogP) is 5.05. The summed E-state index contributed by atoms with van der Waals surface area (Å²) < 4.78 is 22.0. The maximum atomic E-state index is 13.9. The third kappa shape index (κ3) is 11.5. The van der Waals surface area contributed by atoms with E-state index in [2.05, 4.69) is 0 Å². The zero-order chi connectivity index (χ0) is 36.8. The topological polar surface area (TPSA) is 146 Å². The van der Waals surface area contributed by atoms with Crippen molar-refractivity contribution in [1.29, 1.82) is 0 Å². The number of hydrogen-bond donors (Lipinski definition) is 1. The molecule has 1 N–H and O–H groups in total. The Labute approximate surface area is 298 Å². The minimum Gasteiger partial charge on any atom is -0.453 e. The molecular weight excluding hydrogens is 654 g/mol. The number of amides is 2. The highest BCUT2D eigenvalue weighted by Crippen LogP contribution is 2.25.